The van der Waals surface area contributed by atoms with Gasteiger partial charge in [0.1, 0.15) is 0 Å². The normalized spacial score (nSPS) is 12.7. The maximum Gasteiger partial charge on any atom is 0.260 e. The molecule has 0 saturated carbocycles. The van der Waals surface area contributed by atoms with E-state index in [0.717, 1.165) is 16.7 Å². The summed E-state index contributed by atoms with van der Waals surface area (Å²) in [6, 6.07) is 13.1. The van der Waals surface area contributed by atoms with Crippen molar-refractivity contribution in [1.82, 2.24) is 19.7 Å². The summed E-state index contributed by atoms with van der Waals surface area (Å²) >= 11 is 0. The monoisotopic (exact) mass is 457 g/mol. The van der Waals surface area contributed by atoms with Gasteiger partial charge in [-0.3, -0.25) is 19.4 Å². The van der Waals surface area contributed by atoms with Crippen LogP contribution in [0.25, 0.3) is 11.3 Å². The molecule has 5 rings (SSSR count). The summed E-state index contributed by atoms with van der Waals surface area (Å²) in [5, 5.41) is 13.6. The van der Waals surface area contributed by atoms with E-state index in [2.05, 4.69) is 10.1 Å². The number of aliphatic hydroxyl groups excluding tert-OH is 1. The Balaban J connectivity index is 1.35. The van der Waals surface area contributed by atoms with Gasteiger partial charge in [-0.1, -0.05) is 24.3 Å². The molecule has 172 valence electrons. The number of ether oxygens (including phenoxy) is 2. The number of methoxy groups -OCH3 is 2. The van der Waals surface area contributed by atoms with Crippen LogP contribution in [0.1, 0.15) is 27.2 Å². The van der Waals surface area contributed by atoms with Gasteiger partial charge in [-0.05, 0) is 29.3 Å². The summed E-state index contributed by atoms with van der Waals surface area (Å²) < 4.78 is 12.3. The zero-order chi connectivity index (χ0) is 23.7. The predicted molar refractivity (Wildman–Crippen MR) is 125 cm³/mol. The summed E-state index contributed by atoms with van der Waals surface area (Å²) in [5.74, 6) is 0.805. The molecule has 0 aliphatic carbocycles. The van der Waals surface area contributed by atoms with E-state index in [-0.39, 0.29) is 12.5 Å². The molecule has 1 N–H and O–H groups in total. The first-order valence-corrected chi connectivity index (χ1v) is 10.7. The number of amides is 1. The van der Waals surface area contributed by atoms with Crippen molar-refractivity contribution in [3.8, 4) is 22.9 Å². The first-order chi connectivity index (χ1) is 16.6. The topological polar surface area (TPSA) is 103 Å². The lowest BCUT2D eigenvalue weighted by molar-refractivity contribution is 0.0996. The van der Waals surface area contributed by atoms with Gasteiger partial charge < -0.3 is 14.6 Å². The Kier molecular flexibility index (Phi) is 5.69. The van der Waals surface area contributed by atoms with Crippen molar-refractivity contribution in [2.45, 2.75) is 19.7 Å². The van der Waals surface area contributed by atoms with Gasteiger partial charge in [-0.25, -0.2) is 4.98 Å². The number of benzene rings is 1. The van der Waals surface area contributed by atoms with Crippen molar-refractivity contribution in [2.75, 3.05) is 19.1 Å². The van der Waals surface area contributed by atoms with Crippen LogP contribution in [0.2, 0.25) is 0 Å². The molecule has 0 fully saturated rings. The number of hydrogen-bond donors (Lipinski definition) is 1. The zero-order valence-corrected chi connectivity index (χ0v) is 18.8. The molecular weight excluding hydrogens is 434 g/mol. The molecule has 1 amide bonds. The van der Waals surface area contributed by atoms with Crippen LogP contribution >= 0.6 is 0 Å². The van der Waals surface area contributed by atoms with Crippen molar-refractivity contribution in [1.29, 1.82) is 0 Å². The molecule has 3 aromatic heterocycles. The van der Waals surface area contributed by atoms with Gasteiger partial charge in [0.15, 0.2) is 5.75 Å². The van der Waals surface area contributed by atoms with Crippen LogP contribution in [0.15, 0.2) is 61.1 Å². The van der Waals surface area contributed by atoms with Crippen molar-refractivity contribution in [2.24, 2.45) is 0 Å². The van der Waals surface area contributed by atoms with Crippen LogP contribution in [0.5, 0.6) is 11.6 Å². The second kappa shape index (κ2) is 8.95. The molecule has 1 aromatic carbocycles. The number of pyridine rings is 2. The second-order valence-electron chi connectivity index (χ2n) is 7.89. The molecule has 4 heterocycles. The van der Waals surface area contributed by atoms with E-state index in [1.54, 1.807) is 35.2 Å². The number of fused-ring (bicyclic) bond motifs is 1. The highest BCUT2D eigenvalue weighted by Crippen LogP contribution is 2.32. The van der Waals surface area contributed by atoms with Crippen molar-refractivity contribution in [3.63, 3.8) is 0 Å². The minimum absolute atomic E-state index is 0.0160. The third kappa shape index (κ3) is 3.97. The Morgan fingerprint density at radius 3 is 2.56 bits per heavy atom. The second-order valence-corrected chi connectivity index (χ2v) is 7.89. The molecule has 0 bridgehead atoms. The van der Waals surface area contributed by atoms with E-state index in [1.807, 2.05) is 42.6 Å². The van der Waals surface area contributed by atoms with Crippen molar-refractivity contribution < 1.29 is 19.4 Å². The first kappa shape index (κ1) is 21.6. The minimum atomic E-state index is -0.105. The summed E-state index contributed by atoms with van der Waals surface area (Å²) in [7, 11) is 3.09. The number of hydrogen-bond acceptors (Lipinski definition) is 7. The van der Waals surface area contributed by atoms with Crippen LogP contribution in [0, 0.1) is 0 Å². The highest BCUT2D eigenvalue weighted by atomic mass is 16.5. The fourth-order valence-corrected chi connectivity index (χ4v) is 3.94. The fourth-order valence-electron chi connectivity index (χ4n) is 3.94. The van der Waals surface area contributed by atoms with Gasteiger partial charge in [0.2, 0.25) is 0 Å². The van der Waals surface area contributed by atoms with Crippen molar-refractivity contribution >= 4 is 11.6 Å². The standard InChI is InChI=1S/C25H23N5O4/c1-33-23-9-18(10-26-24(23)34-2)21-8-7-20-22(28-21)14-30(25(20)32)19-11-27-29(13-19)12-16-3-5-17(15-31)6-4-16/h3-11,13,31H,12,14-15H2,1-2H3. The molecular formula is C25H23N5O4. The molecule has 0 unspecified atom stereocenters. The number of carbonyl (C=O) groups is 1. The molecule has 34 heavy (non-hydrogen) atoms. The number of carbonyl (C=O) groups excluding carboxylic acids is 1. The van der Waals surface area contributed by atoms with Gasteiger partial charge in [0, 0.05) is 18.0 Å². The number of aromatic nitrogens is 4. The zero-order valence-electron chi connectivity index (χ0n) is 18.8. The van der Waals surface area contributed by atoms with E-state index >= 15 is 0 Å². The summed E-state index contributed by atoms with van der Waals surface area (Å²) in [6.07, 6.45) is 5.20. The van der Waals surface area contributed by atoms with E-state index in [1.165, 1.54) is 7.11 Å². The van der Waals surface area contributed by atoms with Gasteiger partial charge in [0.25, 0.3) is 11.8 Å². The lowest BCUT2D eigenvalue weighted by Crippen LogP contribution is -2.22. The van der Waals surface area contributed by atoms with E-state index in [4.69, 9.17) is 14.5 Å². The molecule has 0 radical (unpaired) electrons. The molecule has 1 aliphatic heterocycles. The lowest BCUT2D eigenvalue weighted by Gasteiger charge is -2.12. The number of nitrogens with zero attached hydrogens (tertiary/aromatic N) is 5. The Bertz CT molecular complexity index is 1350. The highest BCUT2D eigenvalue weighted by Gasteiger charge is 2.31. The highest BCUT2D eigenvalue weighted by molar-refractivity contribution is 6.09. The molecule has 4 aromatic rings. The Morgan fingerprint density at radius 2 is 1.82 bits per heavy atom. The molecule has 0 atom stereocenters. The predicted octanol–water partition coefficient (Wildman–Crippen LogP) is 3.06. The maximum absolute atomic E-state index is 13.0. The average molecular weight is 457 g/mol. The molecule has 9 heteroatoms. The van der Waals surface area contributed by atoms with Gasteiger partial charge in [-0.2, -0.15) is 5.10 Å². The van der Waals surface area contributed by atoms with Gasteiger partial charge >= 0.3 is 0 Å². The quantitative estimate of drug-likeness (QED) is 0.455. The van der Waals surface area contributed by atoms with Crippen molar-refractivity contribution in [3.05, 3.63) is 83.4 Å². The van der Waals surface area contributed by atoms with Gasteiger partial charge in [-0.15, -0.1) is 0 Å². The Hall–Kier alpha value is -4.24. The SMILES string of the molecule is COc1cc(-c2ccc3c(n2)CN(c2cnn(Cc4ccc(CO)cc4)c2)C3=O)cnc1OC. The minimum Gasteiger partial charge on any atom is -0.491 e. The molecule has 0 saturated heterocycles. The number of anilines is 1. The fraction of sp³-hybridized carbons (Fsp3) is 0.200. The summed E-state index contributed by atoms with van der Waals surface area (Å²) in [4.78, 5) is 23.7. The lowest BCUT2D eigenvalue weighted by atomic mass is 10.1. The molecule has 1 aliphatic rings. The van der Waals surface area contributed by atoms with E-state index < -0.39 is 0 Å². The van der Waals surface area contributed by atoms with Crippen LogP contribution in [-0.2, 0) is 19.7 Å². The largest absolute Gasteiger partial charge is 0.491 e. The summed E-state index contributed by atoms with van der Waals surface area (Å²) in [5.41, 5.74) is 5.37. The average Bonchev–Trinajstić information content (AvgIpc) is 3.47. The summed E-state index contributed by atoms with van der Waals surface area (Å²) in [6.45, 7) is 0.942. The Labute approximate surface area is 196 Å². The third-order valence-electron chi connectivity index (χ3n) is 5.77. The molecule has 9 nitrogen and oxygen atoms in total. The van der Waals surface area contributed by atoms with E-state index in [0.29, 0.717) is 47.4 Å². The van der Waals surface area contributed by atoms with Crippen LogP contribution < -0.4 is 14.4 Å². The van der Waals surface area contributed by atoms with Gasteiger partial charge in [0.05, 0.1) is 62.8 Å². The molecule has 0 spiro atoms. The van der Waals surface area contributed by atoms with Crippen LogP contribution in [-0.4, -0.2) is 45.0 Å². The Morgan fingerprint density at radius 1 is 1.03 bits per heavy atom. The number of aliphatic hydroxyl groups is 1. The van der Waals surface area contributed by atoms with Crippen LogP contribution in [0.4, 0.5) is 5.69 Å². The van der Waals surface area contributed by atoms with E-state index in [9.17, 15) is 9.90 Å². The third-order valence-corrected chi connectivity index (χ3v) is 5.77. The maximum atomic E-state index is 13.0. The number of rotatable bonds is 7. The smallest absolute Gasteiger partial charge is 0.260 e. The first-order valence-electron chi connectivity index (χ1n) is 10.7. The van der Waals surface area contributed by atoms with Crippen LogP contribution in [0.3, 0.4) is 0 Å².